The highest BCUT2D eigenvalue weighted by atomic mass is 16.2. The van der Waals surface area contributed by atoms with Crippen LogP contribution in [0.25, 0.3) is 11.0 Å². The van der Waals surface area contributed by atoms with E-state index in [0.717, 1.165) is 16.6 Å². The third kappa shape index (κ3) is 4.41. The lowest BCUT2D eigenvalue weighted by atomic mass is 10.1. The first-order valence-electron chi connectivity index (χ1n) is 8.75. The maximum Gasteiger partial charge on any atom is 0.251 e. The van der Waals surface area contributed by atoms with E-state index in [1.54, 1.807) is 12.1 Å². The predicted octanol–water partition coefficient (Wildman–Crippen LogP) is 2.58. The first kappa shape index (κ1) is 18.4. The fraction of sp³-hybridized carbons (Fsp3) is 0.190. The zero-order valence-electron chi connectivity index (χ0n) is 15.2. The molecule has 0 radical (unpaired) electrons. The van der Waals surface area contributed by atoms with Crippen LogP contribution in [0.2, 0.25) is 0 Å². The van der Waals surface area contributed by atoms with Crippen molar-refractivity contribution in [3.8, 4) is 0 Å². The molecule has 3 rings (SSSR count). The van der Waals surface area contributed by atoms with E-state index in [9.17, 15) is 9.59 Å². The molecule has 1 heterocycles. The zero-order valence-corrected chi connectivity index (χ0v) is 15.2. The van der Waals surface area contributed by atoms with Crippen LogP contribution in [0.5, 0.6) is 0 Å². The molecular weight excluding hydrogens is 340 g/mol. The van der Waals surface area contributed by atoms with Crippen molar-refractivity contribution in [1.82, 2.24) is 20.2 Å². The number of benzene rings is 2. The molecule has 0 unspecified atom stereocenters. The average molecular weight is 362 g/mol. The van der Waals surface area contributed by atoms with Crippen molar-refractivity contribution in [2.45, 2.75) is 20.0 Å². The van der Waals surface area contributed by atoms with Gasteiger partial charge in [0.05, 0.1) is 17.6 Å². The van der Waals surface area contributed by atoms with E-state index < -0.39 is 0 Å². The van der Waals surface area contributed by atoms with E-state index >= 15 is 0 Å². The molecule has 0 aliphatic carbocycles. The second kappa shape index (κ2) is 8.31. The lowest BCUT2D eigenvalue weighted by Crippen LogP contribution is -2.30. The number of rotatable bonds is 7. The fourth-order valence-electron chi connectivity index (χ4n) is 2.87. The van der Waals surface area contributed by atoms with Crippen molar-refractivity contribution >= 4 is 22.8 Å². The minimum atomic E-state index is -0.173. The summed E-state index contributed by atoms with van der Waals surface area (Å²) in [5.74, 6) is 0.323. The lowest BCUT2D eigenvalue weighted by molar-refractivity contribution is -0.121. The first-order chi connectivity index (χ1) is 13.1. The Bertz CT molecular complexity index is 991. The molecule has 0 bridgehead atoms. The molecule has 0 aliphatic heterocycles. The highest BCUT2D eigenvalue weighted by Crippen LogP contribution is 2.16. The van der Waals surface area contributed by atoms with Crippen molar-refractivity contribution in [3.05, 3.63) is 78.1 Å². The standard InChI is InChI=1S/C21H22N4O2/c1-3-11-22-20(26)14-25-18-10-5-4-9-17(18)24-19(25)13-23-21(27)16-8-6-7-15(2)12-16/h3-10,12H,1,11,13-14H2,2H3,(H,22,26)(H,23,27). The number of amides is 2. The molecule has 2 aromatic carbocycles. The molecule has 138 valence electrons. The first-order valence-corrected chi connectivity index (χ1v) is 8.75. The van der Waals surface area contributed by atoms with Crippen LogP contribution >= 0.6 is 0 Å². The monoisotopic (exact) mass is 362 g/mol. The van der Waals surface area contributed by atoms with Crippen LogP contribution in [0, 0.1) is 6.92 Å². The van der Waals surface area contributed by atoms with E-state index in [4.69, 9.17) is 0 Å². The van der Waals surface area contributed by atoms with Crippen LogP contribution in [0.1, 0.15) is 21.7 Å². The van der Waals surface area contributed by atoms with E-state index in [2.05, 4.69) is 22.2 Å². The molecule has 0 aliphatic rings. The fourth-order valence-corrected chi connectivity index (χ4v) is 2.87. The van der Waals surface area contributed by atoms with Crippen molar-refractivity contribution in [2.24, 2.45) is 0 Å². The highest BCUT2D eigenvalue weighted by Gasteiger charge is 2.14. The highest BCUT2D eigenvalue weighted by molar-refractivity contribution is 5.94. The SMILES string of the molecule is C=CCNC(=O)Cn1c(CNC(=O)c2cccc(C)c2)nc2ccccc21. The van der Waals surface area contributed by atoms with Gasteiger partial charge in [-0.1, -0.05) is 35.9 Å². The Labute approximate surface area is 157 Å². The maximum atomic E-state index is 12.4. The van der Waals surface area contributed by atoms with Gasteiger partial charge in [-0.25, -0.2) is 4.98 Å². The number of aryl methyl sites for hydroxylation is 1. The minimum Gasteiger partial charge on any atom is -0.351 e. The molecule has 0 saturated heterocycles. The maximum absolute atomic E-state index is 12.4. The minimum absolute atomic E-state index is 0.129. The largest absolute Gasteiger partial charge is 0.351 e. The lowest BCUT2D eigenvalue weighted by Gasteiger charge is -2.10. The van der Waals surface area contributed by atoms with Crippen LogP contribution < -0.4 is 10.6 Å². The molecule has 0 atom stereocenters. The third-order valence-corrected chi connectivity index (χ3v) is 4.17. The molecule has 6 nitrogen and oxygen atoms in total. The summed E-state index contributed by atoms with van der Waals surface area (Å²) < 4.78 is 1.82. The molecule has 0 saturated carbocycles. The summed E-state index contributed by atoms with van der Waals surface area (Å²) in [5.41, 5.74) is 3.26. The van der Waals surface area contributed by atoms with Crippen molar-refractivity contribution < 1.29 is 9.59 Å². The summed E-state index contributed by atoms with van der Waals surface area (Å²) in [6.07, 6.45) is 1.63. The quantitative estimate of drug-likeness (QED) is 0.634. The topological polar surface area (TPSA) is 76.0 Å². The van der Waals surface area contributed by atoms with Crippen molar-refractivity contribution in [2.75, 3.05) is 6.54 Å². The third-order valence-electron chi connectivity index (χ3n) is 4.17. The zero-order chi connectivity index (χ0) is 19.2. The predicted molar refractivity (Wildman–Crippen MR) is 105 cm³/mol. The normalized spacial score (nSPS) is 10.6. The van der Waals surface area contributed by atoms with Gasteiger partial charge >= 0.3 is 0 Å². The molecule has 0 spiro atoms. The number of nitrogens with one attached hydrogen (secondary N) is 2. The van der Waals surface area contributed by atoms with E-state index in [1.165, 1.54) is 0 Å². The summed E-state index contributed by atoms with van der Waals surface area (Å²) in [7, 11) is 0. The Kier molecular flexibility index (Phi) is 5.66. The molecule has 2 N–H and O–H groups in total. The van der Waals surface area contributed by atoms with Crippen LogP contribution in [0.4, 0.5) is 0 Å². The van der Waals surface area contributed by atoms with E-state index in [0.29, 0.717) is 17.9 Å². The summed E-state index contributed by atoms with van der Waals surface area (Å²) in [6, 6.07) is 15.0. The molecule has 27 heavy (non-hydrogen) atoms. The molecule has 6 heteroatoms. The summed E-state index contributed by atoms with van der Waals surface area (Å²) in [6.45, 7) is 6.31. The average Bonchev–Trinajstić information content (AvgIpc) is 3.02. The second-order valence-electron chi connectivity index (χ2n) is 6.25. The smallest absolute Gasteiger partial charge is 0.251 e. The number of nitrogens with zero attached hydrogens (tertiary/aromatic N) is 2. The van der Waals surface area contributed by atoms with Gasteiger partial charge in [-0.2, -0.15) is 0 Å². The molecule has 3 aromatic rings. The van der Waals surface area contributed by atoms with Gasteiger partial charge in [-0.3, -0.25) is 9.59 Å². The van der Waals surface area contributed by atoms with Gasteiger partial charge in [0.15, 0.2) is 0 Å². The van der Waals surface area contributed by atoms with Gasteiger partial charge in [0.2, 0.25) is 5.91 Å². The Morgan fingerprint density at radius 2 is 1.96 bits per heavy atom. The van der Waals surface area contributed by atoms with Gasteiger partial charge in [-0.15, -0.1) is 6.58 Å². The van der Waals surface area contributed by atoms with E-state index in [1.807, 2.05) is 54.0 Å². The van der Waals surface area contributed by atoms with Crippen molar-refractivity contribution in [3.63, 3.8) is 0 Å². The van der Waals surface area contributed by atoms with Crippen molar-refractivity contribution in [1.29, 1.82) is 0 Å². The van der Waals surface area contributed by atoms with Gasteiger partial charge in [-0.05, 0) is 31.2 Å². The Balaban J connectivity index is 1.80. The molecule has 1 aromatic heterocycles. The molecular formula is C21H22N4O2. The van der Waals surface area contributed by atoms with Gasteiger partial charge < -0.3 is 15.2 Å². The Morgan fingerprint density at radius 1 is 1.15 bits per heavy atom. The number of hydrogen-bond acceptors (Lipinski definition) is 3. The molecule has 0 fully saturated rings. The van der Waals surface area contributed by atoms with Gasteiger partial charge in [0.25, 0.3) is 5.91 Å². The second-order valence-corrected chi connectivity index (χ2v) is 6.25. The van der Waals surface area contributed by atoms with Gasteiger partial charge in [0, 0.05) is 12.1 Å². The number of carbonyl (C=O) groups is 2. The number of imidazole rings is 1. The summed E-state index contributed by atoms with van der Waals surface area (Å²) in [4.78, 5) is 29.2. The number of para-hydroxylation sites is 2. The number of fused-ring (bicyclic) bond motifs is 1. The van der Waals surface area contributed by atoms with E-state index in [-0.39, 0.29) is 24.9 Å². The molecule has 2 amide bonds. The number of carbonyl (C=O) groups excluding carboxylic acids is 2. The number of aromatic nitrogens is 2. The number of hydrogen-bond donors (Lipinski definition) is 2. The Hall–Kier alpha value is -3.41. The summed E-state index contributed by atoms with van der Waals surface area (Å²) >= 11 is 0. The summed E-state index contributed by atoms with van der Waals surface area (Å²) in [5, 5.41) is 5.66. The van der Waals surface area contributed by atoms with Crippen LogP contribution in [-0.2, 0) is 17.9 Å². The van der Waals surface area contributed by atoms with Crippen LogP contribution in [-0.4, -0.2) is 27.9 Å². The van der Waals surface area contributed by atoms with Gasteiger partial charge in [0.1, 0.15) is 12.4 Å². The van der Waals surface area contributed by atoms with Crippen LogP contribution in [0.3, 0.4) is 0 Å². The Morgan fingerprint density at radius 3 is 2.74 bits per heavy atom. The van der Waals surface area contributed by atoms with Crippen LogP contribution in [0.15, 0.2) is 61.2 Å².